The third-order valence-electron chi connectivity index (χ3n) is 2.56. The number of benzene rings is 2. The molecule has 1 heteroatoms. The van der Waals surface area contributed by atoms with Gasteiger partial charge in [0, 0.05) is 10.5 Å². The first-order chi connectivity index (χ1) is 8.18. The van der Waals surface area contributed by atoms with Gasteiger partial charge in [-0.1, -0.05) is 42.3 Å². The molecule has 2 rings (SSSR count). The van der Waals surface area contributed by atoms with Crippen LogP contribution in [0, 0.1) is 11.2 Å². The summed E-state index contributed by atoms with van der Waals surface area (Å²) < 4.78 is 0. The Hall–Kier alpha value is -1.65. The SMILES string of the molecule is CS(C)(C#Cc1ccccc1)c1ccccc1. The molecule has 0 saturated carbocycles. The van der Waals surface area contributed by atoms with E-state index in [0.29, 0.717) is 0 Å². The van der Waals surface area contributed by atoms with Crippen LogP contribution < -0.4 is 0 Å². The molecule has 2 aromatic carbocycles. The molecule has 0 heterocycles. The van der Waals surface area contributed by atoms with Gasteiger partial charge in [0.05, 0.1) is 0 Å². The van der Waals surface area contributed by atoms with Crippen LogP contribution in [0.5, 0.6) is 0 Å². The summed E-state index contributed by atoms with van der Waals surface area (Å²) in [5, 5.41) is 3.42. The van der Waals surface area contributed by atoms with Crippen molar-refractivity contribution < 1.29 is 0 Å². The van der Waals surface area contributed by atoms with Crippen LogP contribution in [-0.4, -0.2) is 12.5 Å². The Bertz CT molecular complexity index is 530. The summed E-state index contributed by atoms with van der Waals surface area (Å²) in [5.41, 5.74) is 1.09. The standard InChI is InChI=1S/C16H16S/c1-17(2,16-11-7-4-8-12-16)14-13-15-9-5-3-6-10-15/h3-12H,1-2H3. The molecule has 17 heavy (non-hydrogen) atoms. The molecule has 0 aromatic heterocycles. The fraction of sp³-hybridized carbons (Fsp3) is 0.125. The topological polar surface area (TPSA) is 0 Å². The zero-order valence-corrected chi connectivity index (χ0v) is 11.0. The molecule has 0 spiro atoms. The van der Waals surface area contributed by atoms with Gasteiger partial charge in [0.1, 0.15) is 0 Å². The average molecular weight is 240 g/mol. The number of hydrogen-bond donors (Lipinski definition) is 0. The molecular formula is C16H16S. The van der Waals surface area contributed by atoms with E-state index in [2.05, 4.69) is 47.9 Å². The Labute approximate surface area is 105 Å². The highest BCUT2D eigenvalue weighted by atomic mass is 32.3. The quantitative estimate of drug-likeness (QED) is 0.658. The Morgan fingerprint density at radius 1 is 0.765 bits per heavy atom. The first kappa shape index (κ1) is 11.8. The predicted molar refractivity (Wildman–Crippen MR) is 77.5 cm³/mol. The molecule has 0 N–H and O–H groups in total. The van der Waals surface area contributed by atoms with Crippen LogP contribution in [-0.2, 0) is 0 Å². The van der Waals surface area contributed by atoms with Crippen molar-refractivity contribution in [3.05, 3.63) is 66.2 Å². The zero-order valence-electron chi connectivity index (χ0n) is 10.2. The molecule has 86 valence electrons. The van der Waals surface area contributed by atoms with Crippen LogP contribution in [0.3, 0.4) is 0 Å². The summed E-state index contributed by atoms with van der Waals surface area (Å²) in [6.07, 6.45) is 4.47. The summed E-state index contributed by atoms with van der Waals surface area (Å²) in [6, 6.07) is 20.7. The molecule has 0 unspecified atom stereocenters. The third kappa shape index (κ3) is 3.15. The maximum absolute atomic E-state index is 3.42. The summed E-state index contributed by atoms with van der Waals surface area (Å²) >= 11 is 0. The van der Waals surface area contributed by atoms with Crippen molar-refractivity contribution in [3.8, 4) is 11.2 Å². The Balaban J connectivity index is 2.27. The predicted octanol–water partition coefficient (Wildman–Crippen LogP) is 4.12. The lowest BCUT2D eigenvalue weighted by molar-refractivity contribution is 1.45. The molecule has 0 aliphatic rings. The molecule has 0 aliphatic carbocycles. The lowest BCUT2D eigenvalue weighted by atomic mass is 10.2. The van der Waals surface area contributed by atoms with Gasteiger partial charge in [-0.15, -0.1) is 0 Å². The molecule has 2 aromatic rings. The molecular weight excluding hydrogens is 224 g/mol. The van der Waals surface area contributed by atoms with E-state index in [1.165, 1.54) is 4.90 Å². The first-order valence-corrected chi connectivity index (χ1v) is 8.00. The number of hydrogen-bond acceptors (Lipinski definition) is 0. The molecule has 0 fully saturated rings. The van der Waals surface area contributed by atoms with E-state index in [-0.39, 0.29) is 0 Å². The van der Waals surface area contributed by atoms with E-state index in [0.717, 1.165) is 5.56 Å². The van der Waals surface area contributed by atoms with Gasteiger partial charge in [-0.25, -0.2) is 0 Å². The van der Waals surface area contributed by atoms with Gasteiger partial charge in [-0.3, -0.25) is 0 Å². The molecule has 0 radical (unpaired) electrons. The van der Waals surface area contributed by atoms with Crippen LogP contribution in [0.1, 0.15) is 5.56 Å². The van der Waals surface area contributed by atoms with Crippen molar-refractivity contribution in [3.63, 3.8) is 0 Å². The van der Waals surface area contributed by atoms with E-state index in [9.17, 15) is 0 Å². The minimum atomic E-state index is -1.02. The molecule has 0 amide bonds. The van der Waals surface area contributed by atoms with Gasteiger partial charge in [-0.2, -0.15) is 10.0 Å². The smallest absolute Gasteiger partial charge is 0.0253 e. The highest BCUT2D eigenvalue weighted by molar-refractivity contribution is 8.36. The Morgan fingerprint density at radius 2 is 1.29 bits per heavy atom. The first-order valence-electron chi connectivity index (χ1n) is 5.55. The highest BCUT2D eigenvalue weighted by Crippen LogP contribution is 2.47. The van der Waals surface area contributed by atoms with Crippen LogP contribution in [0.2, 0.25) is 0 Å². The maximum atomic E-state index is 3.42. The van der Waals surface area contributed by atoms with Crippen molar-refractivity contribution in [1.82, 2.24) is 0 Å². The monoisotopic (exact) mass is 240 g/mol. The molecule has 0 bridgehead atoms. The maximum Gasteiger partial charge on any atom is 0.0253 e. The van der Waals surface area contributed by atoms with Gasteiger partial charge in [-0.05, 0) is 42.0 Å². The summed E-state index contributed by atoms with van der Waals surface area (Å²) in [4.78, 5) is 1.34. The van der Waals surface area contributed by atoms with Crippen LogP contribution in [0.25, 0.3) is 0 Å². The third-order valence-corrected chi connectivity index (χ3v) is 4.62. The zero-order chi connectivity index (χ0) is 12.1. The lowest BCUT2D eigenvalue weighted by Crippen LogP contribution is -1.92. The van der Waals surface area contributed by atoms with Gasteiger partial charge < -0.3 is 0 Å². The van der Waals surface area contributed by atoms with Gasteiger partial charge in [0.2, 0.25) is 0 Å². The van der Waals surface area contributed by atoms with Gasteiger partial charge >= 0.3 is 0 Å². The van der Waals surface area contributed by atoms with E-state index in [1.807, 2.05) is 36.4 Å². The van der Waals surface area contributed by atoms with E-state index < -0.39 is 10.0 Å². The summed E-state index contributed by atoms with van der Waals surface area (Å²) in [6.45, 7) is 0. The molecule has 0 atom stereocenters. The largest absolute Gasteiger partial charge is 0.156 e. The van der Waals surface area contributed by atoms with Crippen molar-refractivity contribution in [2.24, 2.45) is 0 Å². The second kappa shape index (κ2) is 5.12. The van der Waals surface area contributed by atoms with Gasteiger partial charge in [0.25, 0.3) is 0 Å². The molecule has 0 aliphatic heterocycles. The van der Waals surface area contributed by atoms with E-state index in [1.54, 1.807) is 0 Å². The molecule has 0 nitrogen and oxygen atoms in total. The minimum Gasteiger partial charge on any atom is -0.156 e. The summed E-state index contributed by atoms with van der Waals surface area (Å²) in [7, 11) is -1.02. The van der Waals surface area contributed by atoms with Crippen molar-refractivity contribution >= 4 is 10.0 Å². The molecule has 0 saturated heterocycles. The lowest BCUT2D eigenvalue weighted by Gasteiger charge is -2.24. The van der Waals surface area contributed by atoms with Crippen molar-refractivity contribution in [2.45, 2.75) is 4.90 Å². The Morgan fingerprint density at radius 3 is 1.88 bits per heavy atom. The normalized spacial score (nSPS) is 11.4. The van der Waals surface area contributed by atoms with Gasteiger partial charge in [0.15, 0.2) is 0 Å². The fourth-order valence-corrected chi connectivity index (χ4v) is 2.86. The van der Waals surface area contributed by atoms with Crippen LogP contribution >= 0.6 is 10.0 Å². The fourth-order valence-electron chi connectivity index (χ4n) is 1.53. The van der Waals surface area contributed by atoms with Crippen LogP contribution in [0.4, 0.5) is 0 Å². The Kier molecular flexibility index (Phi) is 3.56. The highest BCUT2D eigenvalue weighted by Gasteiger charge is 2.10. The second-order valence-electron chi connectivity index (χ2n) is 4.23. The van der Waals surface area contributed by atoms with Crippen LogP contribution in [0.15, 0.2) is 65.6 Å². The summed E-state index contributed by atoms with van der Waals surface area (Å²) in [5.74, 6) is 3.27. The van der Waals surface area contributed by atoms with E-state index >= 15 is 0 Å². The van der Waals surface area contributed by atoms with Crippen molar-refractivity contribution in [2.75, 3.05) is 12.5 Å². The van der Waals surface area contributed by atoms with Crippen molar-refractivity contribution in [1.29, 1.82) is 0 Å². The average Bonchev–Trinajstić information content (AvgIpc) is 2.39. The number of rotatable bonds is 1. The van der Waals surface area contributed by atoms with E-state index in [4.69, 9.17) is 0 Å². The minimum absolute atomic E-state index is 1.02. The second-order valence-corrected chi connectivity index (χ2v) is 7.56.